The van der Waals surface area contributed by atoms with Crippen molar-refractivity contribution in [3.8, 4) is 0 Å². The molecule has 0 radical (unpaired) electrons. The number of allylic oxidation sites excluding steroid dienone is 3. The fraction of sp³-hybridized carbons (Fsp3) is 0.188. The molecule has 108 valence electrons. The largest absolute Gasteiger partial charge is 0.344 e. The van der Waals surface area contributed by atoms with Gasteiger partial charge in [0.05, 0.1) is 22.8 Å². The molecule has 1 aliphatic heterocycles. The molecule has 1 aromatic rings. The number of guanidine groups is 1. The summed E-state index contributed by atoms with van der Waals surface area (Å²) in [6.45, 7) is 16.4. The predicted octanol–water partition coefficient (Wildman–Crippen LogP) is 4.09. The molecule has 1 aromatic heterocycles. The van der Waals surface area contributed by atoms with Crippen LogP contribution in [0.2, 0.25) is 0 Å². The SMILES string of the molecule is C=C/C=C\C(=C)N=NC1=Nc2c(C)cn(CC)c2C(=C)N1. The van der Waals surface area contributed by atoms with Crippen LogP contribution in [0.25, 0.3) is 5.70 Å². The van der Waals surface area contributed by atoms with E-state index in [9.17, 15) is 0 Å². The van der Waals surface area contributed by atoms with E-state index in [2.05, 4.69) is 58.0 Å². The van der Waals surface area contributed by atoms with Gasteiger partial charge in [0.25, 0.3) is 0 Å². The summed E-state index contributed by atoms with van der Waals surface area (Å²) >= 11 is 0. The van der Waals surface area contributed by atoms with E-state index >= 15 is 0 Å². The normalized spacial score (nSPS) is 14.2. The van der Waals surface area contributed by atoms with Crippen LogP contribution in [0.1, 0.15) is 18.2 Å². The van der Waals surface area contributed by atoms with Crippen LogP contribution in [-0.2, 0) is 6.54 Å². The van der Waals surface area contributed by atoms with E-state index in [0.717, 1.165) is 29.2 Å². The zero-order chi connectivity index (χ0) is 15.4. The van der Waals surface area contributed by atoms with Crippen molar-refractivity contribution < 1.29 is 0 Å². The van der Waals surface area contributed by atoms with Gasteiger partial charge in [-0.2, -0.15) is 0 Å². The molecule has 0 spiro atoms. The predicted molar refractivity (Wildman–Crippen MR) is 87.4 cm³/mol. The van der Waals surface area contributed by atoms with Gasteiger partial charge in [0.1, 0.15) is 0 Å². The molecule has 5 heteroatoms. The highest BCUT2D eigenvalue weighted by Gasteiger charge is 2.21. The molecule has 0 aromatic carbocycles. The van der Waals surface area contributed by atoms with E-state index in [0.29, 0.717) is 11.7 Å². The fourth-order valence-electron chi connectivity index (χ4n) is 2.09. The number of hydrogen-bond donors (Lipinski definition) is 1. The highest BCUT2D eigenvalue weighted by atomic mass is 15.3. The second-order valence-electron chi connectivity index (χ2n) is 4.62. The van der Waals surface area contributed by atoms with Crippen LogP contribution in [-0.4, -0.2) is 10.5 Å². The quantitative estimate of drug-likeness (QED) is 0.656. The summed E-state index contributed by atoms with van der Waals surface area (Å²) in [7, 11) is 0. The Morgan fingerprint density at radius 1 is 1.52 bits per heavy atom. The maximum absolute atomic E-state index is 4.49. The Bertz CT molecular complexity index is 686. The molecule has 0 bridgehead atoms. The molecular weight excluding hydrogens is 262 g/mol. The van der Waals surface area contributed by atoms with Gasteiger partial charge in [0.15, 0.2) is 0 Å². The summed E-state index contributed by atoms with van der Waals surface area (Å²) in [5.41, 5.74) is 4.28. The summed E-state index contributed by atoms with van der Waals surface area (Å²) in [5.74, 6) is 0.414. The molecule has 2 rings (SSSR count). The maximum atomic E-state index is 4.49. The van der Waals surface area contributed by atoms with E-state index in [1.807, 2.05) is 6.92 Å². The van der Waals surface area contributed by atoms with Crippen molar-refractivity contribution in [2.75, 3.05) is 0 Å². The Hall–Kier alpha value is -2.69. The van der Waals surface area contributed by atoms with E-state index in [1.54, 1.807) is 18.2 Å². The zero-order valence-corrected chi connectivity index (χ0v) is 12.4. The van der Waals surface area contributed by atoms with Gasteiger partial charge in [-0.05, 0) is 25.5 Å². The number of nitrogens with zero attached hydrogens (tertiary/aromatic N) is 4. The highest BCUT2D eigenvalue weighted by Crippen LogP contribution is 2.33. The molecule has 0 amide bonds. The molecule has 0 atom stereocenters. The number of rotatable bonds is 4. The minimum Gasteiger partial charge on any atom is -0.344 e. The number of hydrogen-bond acceptors (Lipinski definition) is 4. The van der Waals surface area contributed by atoms with E-state index in [1.165, 1.54) is 0 Å². The third-order valence-electron chi connectivity index (χ3n) is 3.04. The second-order valence-corrected chi connectivity index (χ2v) is 4.62. The molecule has 0 saturated heterocycles. The molecular formula is C16H19N5. The lowest BCUT2D eigenvalue weighted by atomic mass is 10.2. The first kappa shape index (κ1) is 14.7. The molecule has 21 heavy (non-hydrogen) atoms. The Kier molecular flexibility index (Phi) is 4.33. The number of nitrogens with one attached hydrogen (secondary N) is 1. The molecule has 2 heterocycles. The van der Waals surface area contributed by atoms with Crippen LogP contribution in [0.15, 0.2) is 65.1 Å². The van der Waals surface area contributed by atoms with Crippen molar-refractivity contribution >= 4 is 17.3 Å². The van der Waals surface area contributed by atoms with E-state index in [-0.39, 0.29) is 0 Å². The van der Waals surface area contributed by atoms with Crippen molar-refractivity contribution in [3.63, 3.8) is 0 Å². The second kappa shape index (κ2) is 6.17. The maximum Gasteiger partial charge on any atom is 0.247 e. The van der Waals surface area contributed by atoms with Gasteiger partial charge in [-0.25, -0.2) is 4.99 Å². The van der Waals surface area contributed by atoms with Gasteiger partial charge in [-0.15, -0.1) is 10.2 Å². The van der Waals surface area contributed by atoms with Gasteiger partial charge < -0.3 is 9.88 Å². The highest BCUT2D eigenvalue weighted by molar-refractivity contribution is 5.96. The number of aryl methyl sites for hydroxylation is 2. The third-order valence-corrected chi connectivity index (χ3v) is 3.04. The topological polar surface area (TPSA) is 54.0 Å². The van der Waals surface area contributed by atoms with Crippen LogP contribution in [0.3, 0.4) is 0 Å². The van der Waals surface area contributed by atoms with Gasteiger partial charge >= 0.3 is 0 Å². The van der Waals surface area contributed by atoms with Crippen LogP contribution >= 0.6 is 0 Å². The van der Waals surface area contributed by atoms with E-state index < -0.39 is 0 Å². The number of fused-ring (bicyclic) bond motifs is 1. The first-order chi connectivity index (χ1) is 10.1. The lowest BCUT2D eigenvalue weighted by molar-refractivity contribution is 0.752. The number of azo groups is 1. The van der Waals surface area contributed by atoms with E-state index in [4.69, 9.17) is 0 Å². The minimum atomic E-state index is 0.414. The minimum absolute atomic E-state index is 0.414. The lowest BCUT2D eigenvalue weighted by Crippen LogP contribution is -2.23. The van der Waals surface area contributed by atoms with Gasteiger partial charge in [0.2, 0.25) is 5.96 Å². The van der Waals surface area contributed by atoms with Crippen LogP contribution in [0, 0.1) is 6.92 Å². The Labute approximate surface area is 124 Å². The average molecular weight is 281 g/mol. The third kappa shape index (κ3) is 3.08. The zero-order valence-electron chi connectivity index (χ0n) is 12.4. The van der Waals surface area contributed by atoms with Crippen molar-refractivity contribution in [2.45, 2.75) is 20.4 Å². The summed E-state index contributed by atoms with van der Waals surface area (Å²) in [5, 5.41) is 11.1. The van der Waals surface area contributed by atoms with Crippen LogP contribution in [0.5, 0.6) is 0 Å². The molecule has 1 N–H and O–H groups in total. The van der Waals surface area contributed by atoms with Crippen LogP contribution < -0.4 is 5.32 Å². The molecule has 0 saturated carbocycles. The first-order valence-corrected chi connectivity index (χ1v) is 6.71. The molecule has 1 aliphatic rings. The first-order valence-electron chi connectivity index (χ1n) is 6.71. The number of aromatic nitrogens is 1. The smallest absolute Gasteiger partial charge is 0.247 e. The lowest BCUT2D eigenvalue weighted by Gasteiger charge is -2.16. The monoisotopic (exact) mass is 281 g/mol. The van der Waals surface area contributed by atoms with Crippen molar-refractivity contribution in [3.05, 3.63) is 61.1 Å². The van der Waals surface area contributed by atoms with Crippen molar-refractivity contribution in [2.24, 2.45) is 15.2 Å². The van der Waals surface area contributed by atoms with Crippen molar-refractivity contribution in [1.82, 2.24) is 9.88 Å². The van der Waals surface area contributed by atoms with Crippen LogP contribution in [0.4, 0.5) is 5.69 Å². The molecule has 5 nitrogen and oxygen atoms in total. The van der Waals surface area contributed by atoms with Gasteiger partial charge in [-0.3, -0.25) is 0 Å². The summed E-state index contributed by atoms with van der Waals surface area (Å²) < 4.78 is 2.11. The van der Waals surface area contributed by atoms with Gasteiger partial charge in [-0.1, -0.05) is 31.9 Å². The molecule has 0 unspecified atom stereocenters. The molecule has 0 fully saturated rings. The fourth-order valence-corrected chi connectivity index (χ4v) is 2.09. The Morgan fingerprint density at radius 3 is 2.95 bits per heavy atom. The standard InChI is InChI=1S/C16H19N5/c1-6-8-9-12(4)19-20-16-17-13(5)15-14(18-16)11(3)10-21(15)7-2/h6,8-10H,1,4-5,7H2,2-3H3,(H,17,18)/b9-8-,20-19?. The average Bonchev–Trinajstić information content (AvgIpc) is 2.80. The summed E-state index contributed by atoms with van der Waals surface area (Å²) in [4.78, 5) is 4.49. The summed E-state index contributed by atoms with van der Waals surface area (Å²) in [6.07, 6.45) is 7.19. The Balaban J connectivity index is 2.30. The summed E-state index contributed by atoms with van der Waals surface area (Å²) in [6, 6.07) is 0. The van der Waals surface area contributed by atoms with Crippen molar-refractivity contribution in [1.29, 1.82) is 0 Å². The van der Waals surface area contributed by atoms with Gasteiger partial charge in [0, 0.05) is 12.7 Å². The molecule has 0 aliphatic carbocycles. The number of aliphatic imine (C=N–C) groups is 1. The Morgan fingerprint density at radius 2 is 2.29 bits per heavy atom.